The molecule has 0 radical (unpaired) electrons. The summed E-state index contributed by atoms with van der Waals surface area (Å²) in [5, 5.41) is 2.82. The second-order valence-electron chi connectivity index (χ2n) is 6.30. The molecule has 11 heteroatoms. The summed E-state index contributed by atoms with van der Waals surface area (Å²) < 4.78 is 62.9. The molecule has 0 aliphatic carbocycles. The summed E-state index contributed by atoms with van der Waals surface area (Å²) in [4.78, 5) is 16.5. The Balaban J connectivity index is 1.94. The van der Waals surface area contributed by atoms with E-state index in [4.69, 9.17) is 11.6 Å². The quantitative estimate of drug-likeness (QED) is 0.772. The third kappa shape index (κ3) is 4.11. The van der Waals surface area contributed by atoms with Crippen LogP contribution < -0.4 is 5.56 Å². The first-order valence-corrected chi connectivity index (χ1v) is 10.1. The Bertz CT molecular complexity index is 1070. The second kappa shape index (κ2) is 6.83. The summed E-state index contributed by atoms with van der Waals surface area (Å²) in [5.74, 6) is -0.131. The molecule has 0 amide bonds. The van der Waals surface area contributed by atoms with Gasteiger partial charge in [-0.15, -0.1) is 0 Å². The molecule has 1 aliphatic rings. The SMILES string of the molecule is Cc1[nH]n([C@@H]2CCS(=O)(=O)C2)c(=O)c1C=Nc1cc(C(F)(F)F)ccc1Cl. The molecule has 1 saturated heterocycles. The Morgan fingerprint density at radius 3 is 2.67 bits per heavy atom. The summed E-state index contributed by atoms with van der Waals surface area (Å²) in [7, 11) is -3.18. The van der Waals surface area contributed by atoms with Gasteiger partial charge in [0.2, 0.25) is 0 Å². The largest absolute Gasteiger partial charge is 0.416 e. The average Bonchev–Trinajstić information content (AvgIpc) is 3.05. The molecule has 6 nitrogen and oxygen atoms in total. The number of aliphatic imine (C=N–C) groups is 1. The molecule has 1 aromatic heterocycles. The van der Waals surface area contributed by atoms with Gasteiger partial charge in [0.05, 0.1) is 39.4 Å². The normalized spacial score (nSPS) is 19.8. The van der Waals surface area contributed by atoms with Crippen molar-refractivity contribution >= 4 is 33.3 Å². The molecule has 146 valence electrons. The van der Waals surface area contributed by atoms with E-state index in [9.17, 15) is 26.4 Å². The third-order valence-electron chi connectivity index (χ3n) is 4.32. The van der Waals surface area contributed by atoms with Gasteiger partial charge in [0.1, 0.15) is 0 Å². The van der Waals surface area contributed by atoms with E-state index >= 15 is 0 Å². The number of hydrogen-bond donors (Lipinski definition) is 1. The molecule has 1 fully saturated rings. The van der Waals surface area contributed by atoms with E-state index in [0.29, 0.717) is 12.1 Å². The predicted molar refractivity (Wildman–Crippen MR) is 95.8 cm³/mol. The number of nitrogens with one attached hydrogen (secondary N) is 1. The first-order valence-electron chi connectivity index (χ1n) is 7.90. The van der Waals surface area contributed by atoms with Crippen molar-refractivity contribution in [3.8, 4) is 0 Å². The maximum absolute atomic E-state index is 12.8. The van der Waals surface area contributed by atoms with Crippen LogP contribution in [0.5, 0.6) is 0 Å². The van der Waals surface area contributed by atoms with Crippen LogP contribution in [0.4, 0.5) is 18.9 Å². The molecule has 2 heterocycles. The number of nitrogens with zero attached hydrogens (tertiary/aromatic N) is 2. The van der Waals surface area contributed by atoms with E-state index in [2.05, 4.69) is 10.1 Å². The molecule has 27 heavy (non-hydrogen) atoms. The minimum Gasteiger partial charge on any atom is -0.299 e. The summed E-state index contributed by atoms with van der Waals surface area (Å²) in [6, 6.07) is 2.22. The molecule has 3 rings (SSSR count). The third-order valence-corrected chi connectivity index (χ3v) is 6.39. The standard InChI is InChI=1S/C16H15ClF3N3O3S/c1-9-12(15(24)23(22-9)11-4-5-27(25,26)8-11)7-21-14-6-10(16(18,19)20)2-3-13(14)17/h2-3,6-7,11,22H,4-5,8H2,1H3/t11-/m1/s1. The Morgan fingerprint density at radius 1 is 1.37 bits per heavy atom. The van der Waals surface area contributed by atoms with Crippen LogP contribution in [0.2, 0.25) is 5.02 Å². The van der Waals surface area contributed by atoms with Crippen molar-refractivity contribution in [2.45, 2.75) is 25.6 Å². The monoisotopic (exact) mass is 421 g/mol. The first-order chi connectivity index (χ1) is 12.5. The van der Waals surface area contributed by atoms with Gasteiger partial charge in [-0.1, -0.05) is 11.6 Å². The zero-order chi connectivity index (χ0) is 20.0. The number of alkyl halides is 3. The summed E-state index contributed by atoms with van der Waals surface area (Å²) >= 11 is 5.89. The summed E-state index contributed by atoms with van der Waals surface area (Å²) in [6.07, 6.45) is -3.09. The molecular formula is C16H15ClF3N3O3S. The molecule has 1 aromatic carbocycles. The Kier molecular flexibility index (Phi) is 4.98. The topological polar surface area (TPSA) is 84.3 Å². The van der Waals surface area contributed by atoms with Crippen LogP contribution in [0, 0.1) is 6.92 Å². The number of sulfone groups is 1. The number of rotatable bonds is 3. The fourth-order valence-corrected chi connectivity index (χ4v) is 4.76. The lowest BCUT2D eigenvalue weighted by Crippen LogP contribution is -2.25. The Hall–Kier alpha value is -2.07. The lowest BCUT2D eigenvalue weighted by atomic mass is 10.2. The molecule has 0 unspecified atom stereocenters. The molecule has 1 aliphatic heterocycles. The molecular weight excluding hydrogens is 407 g/mol. The smallest absolute Gasteiger partial charge is 0.299 e. The maximum atomic E-state index is 12.8. The van der Waals surface area contributed by atoms with E-state index < -0.39 is 33.2 Å². The van der Waals surface area contributed by atoms with Gasteiger partial charge in [-0.25, -0.2) is 13.1 Å². The van der Waals surface area contributed by atoms with Gasteiger partial charge < -0.3 is 0 Å². The van der Waals surface area contributed by atoms with E-state index in [0.717, 1.165) is 24.4 Å². The van der Waals surface area contributed by atoms with Crippen molar-refractivity contribution in [1.82, 2.24) is 9.78 Å². The number of aryl methyl sites for hydroxylation is 1. The van der Waals surface area contributed by atoms with Crippen LogP contribution in [-0.4, -0.2) is 35.9 Å². The zero-order valence-corrected chi connectivity index (χ0v) is 15.6. The Morgan fingerprint density at radius 2 is 2.07 bits per heavy atom. The zero-order valence-electron chi connectivity index (χ0n) is 14.0. The minimum atomic E-state index is -4.54. The first kappa shape index (κ1) is 19.7. The summed E-state index contributed by atoms with van der Waals surface area (Å²) in [6.45, 7) is 1.59. The predicted octanol–water partition coefficient (Wildman–Crippen LogP) is 3.27. The number of halogens is 4. The molecule has 0 spiro atoms. The fourth-order valence-electron chi connectivity index (χ4n) is 2.89. The van der Waals surface area contributed by atoms with Crippen molar-refractivity contribution in [2.24, 2.45) is 4.99 Å². The number of benzene rings is 1. The van der Waals surface area contributed by atoms with Gasteiger partial charge in [-0.05, 0) is 31.5 Å². The fraction of sp³-hybridized carbons (Fsp3) is 0.375. The Labute approximate surface area is 157 Å². The van der Waals surface area contributed by atoms with Gasteiger partial charge >= 0.3 is 6.18 Å². The highest BCUT2D eigenvalue weighted by molar-refractivity contribution is 7.91. The highest BCUT2D eigenvalue weighted by Crippen LogP contribution is 2.35. The van der Waals surface area contributed by atoms with E-state index in [1.165, 1.54) is 4.68 Å². The van der Waals surface area contributed by atoms with Crippen molar-refractivity contribution in [3.63, 3.8) is 0 Å². The van der Waals surface area contributed by atoms with Crippen molar-refractivity contribution in [2.75, 3.05) is 11.5 Å². The van der Waals surface area contributed by atoms with Crippen molar-refractivity contribution in [3.05, 3.63) is 50.4 Å². The van der Waals surface area contributed by atoms with E-state index in [1.54, 1.807) is 6.92 Å². The lowest BCUT2D eigenvalue weighted by Gasteiger charge is -2.08. The van der Waals surface area contributed by atoms with Gasteiger partial charge in [-0.2, -0.15) is 13.2 Å². The molecule has 0 saturated carbocycles. The van der Waals surface area contributed by atoms with Gasteiger partial charge in [-0.3, -0.25) is 14.9 Å². The van der Waals surface area contributed by atoms with Crippen molar-refractivity contribution < 1.29 is 21.6 Å². The molecule has 1 atom stereocenters. The van der Waals surface area contributed by atoms with Crippen LogP contribution in [0.1, 0.15) is 29.3 Å². The molecule has 0 bridgehead atoms. The van der Waals surface area contributed by atoms with E-state index in [-0.39, 0.29) is 27.8 Å². The highest BCUT2D eigenvalue weighted by Gasteiger charge is 2.32. The average molecular weight is 422 g/mol. The number of aromatic nitrogens is 2. The van der Waals surface area contributed by atoms with Crippen LogP contribution in [-0.2, 0) is 16.0 Å². The second-order valence-corrected chi connectivity index (χ2v) is 8.94. The van der Waals surface area contributed by atoms with E-state index in [1.807, 2.05) is 0 Å². The van der Waals surface area contributed by atoms with Gasteiger partial charge in [0.15, 0.2) is 9.84 Å². The number of hydrogen-bond acceptors (Lipinski definition) is 4. The van der Waals surface area contributed by atoms with Crippen LogP contribution >= 0.6 is 11.6 Å². The number of aromatic amines is 1. The lowest BCUT2D eigenvalue weighted by molar-refractivity contribution is -0.137. The molecule has 1 N–H and O–H groups in total. The molecule has 2 aromatic rings. The van der Waals surface area contributed by atoms with Crippen molar-refractivity contribution in [1.29, 1.82) is 0 Å². The number of H-pyrrole nitrogens is 1. The van der Waals surface area contributed by atoms with Gasteiger partial charge in [0, 0.05) is 11.9 Å². The van der Waals surface area contributed by atoms with Crippen LogP contribution in [0.15, 0.2) is 28.0 Å². The van der Waals surface area contributed by atoms with Crippen LogP contribution in [0.25, 0.3) is 0 Å². The van der Waals surface area contributed by atoms with Gasteiger partial charge in [0.25, 0.3) is 5.56 Å². The highest BCUT2D eigenvalue weighted by atomic mass is 35.5. The maximum Gasteiger partial charge on any atom is 0.416 e. The minimum absolute atomic E-state index is 0.00540. The van der Waals surface area contributed by atoms with Crippen LogP contribution in [0.3, 0.4) is 0 Å². The summed E-state index contributed by atoms with van der Waals surface area (Å²) in [5.41, 5.74) is -0.953.